The van der Waals surface area contributed by atoms with E-state index in [9.17, 15) is 17.6 Å². The molecule has 0 radical (unpaired) electrons. The Labute approximate surface area is 167 Å². The second-order valence-corrected chi connectivity index (χ2v) is 7.81. The van der Waals surface area contributed by atoms with Crippen LogP contribution in [0.15, 0.2) is 82.3 Å². The summed E-state index contributed by atoms with van der Waals surface area (Å²) >= 11 is 0. The van der Waals surface area contributed by atoms with E-state index in [0.29, 0.717) is 16.9 Å². The fourth-order valence-corrected chi connectivity index (χ4v) is 3.36. The van der Waals surface area contributed by atoms with Crippen molar-refractivity contribution in [2.45, 2.75) is 18.0 Å². The molecule has 0 atom stereocenters. The second kappa shape index (κ2) is 9.31. The van der Waals surface area contributed by atoms with Crippen LogP contribution < -0.4 is 4.72 Å². The third-order valence-electron chi connectivity index (χ3n) is 3.91. The Morgan fingerprint density at radius 3 is 2.45 bits per heavy atom. The Kier molecular flexibility index (Phi) is 6.58. The number of halogens is 1. The van der Waals surface area contributed by atoms with Gasteiger partial charge in [-0.3, -0.25) is 0 Å². The fraction of sp³-hybridized carbons (Fsp3) is 0.0952. The zero-order valence-electron chi connectivity index (χ0n) is 15.2. The van der Waals surface area contributed by atoms with Crippen molar-refractivity contribution in [3.63, 3.8) is 0 Å². The maximum Gasteiger partial charge on any atom is 0.331 e. The lowest BCUT2D eigenvalue weighted by atomic mass is 10.2. The molecular formula is C21H18FNO5S. The number of sulfonamides is 1. The quantitative estimate of drug-likeness (QED) is 0.448. The third kappa shape index (κ3) is 6.13. The molecule has 150 valence electrons. The van der Waals surface area contributed by atoms with Crippen LogP contribution in [0.1, 0.15) is 16.9 Å². The van der Waals surface area contributed by atoms with E-state index in [0.717, 1.165) is 0 Å². The van der Waals surface area contributed by atoms with E-state index >= 15 is 0 Å². The van der Waals surface area contributed by atoms with Gasteiger partial charge >= 0.3 is 5.97 Å². The molecule has 2 aromatic carbocycles. The monoisotopic (exact) mass is 415 g/mol. The van der Waals surface area contributed by atoms with E-state index in [1.807, 2.05) is 0 Å². The number of esters is 1. The van der Waals surface area contributed by atoms with E-state index in [1.54, 1.807) is 24.3 Å². The number of ether oxygens (including phenoxy) is 1. The van der Waals surface area contributed by atoms with Gasteiger partial charge in [0.15, 0.2) is 0 Å². The van der Waals surface area contributed by atoms with E-state index < -0.39 is 16.0 Å². The van der Waals surface area contributed by atoms with Crippen molar-refractivity contribution in [2.24, 2.45) is 0 Å². The van der Waals surface area contributed by atoms with Crippen LogP contribution in [-0.4, -0.2) is 14.4 Å². The van der Waals surface area contributed by atoms with Crippen LogP contribution in [0.5, 0.6) is 0 Å². The van der Waals surface area contributed by atoms with Crippen LogP contribution in [0.2, 0.25) is 0 Å². The van der Waals surface area contributed by atoms with Gasteiger partial charge < -0.3 is 9.15 Å². The molecule has 0 aliphatic rings. The number of carbonyl (C=O) groups excluding carboxylic acids is 1. The molecule has 0 bridgehead atoms. The highest BCUT2D eigenvalue weighted by atomic mass is 32.2. The number of benzene rings is 2. The Morgan fingerprint density at radius 2 is 1.79 bits per heavy atom. The average molecular weight is 415 g/mol. The van der Waals surface area contributed by atoms with Gasteiger partial charge in [-0.15, -0.1) is 0 Å². The highest BCUT2D eigenvalue weighted by Gasteiger charge is 2.14. The molecule has 0 spiro atoms. The van der Waals surface area contributed by atoms with Crippen molar-refractivity contribution in [2.75, 3.05) is 0 Å². The van der Waals surface area contributed by atoms with Crippen molar-refractivity contribution < 1.29 is 26.8 Å². The Hall–Kier alpha value is -3.23. The molecule has 0 amide bonds. The lowest BCUT2D eigenvalue weighted by molar-refractivity contribution is -0.138. The van der Waals surface area contributed by atoms with Crippen LogP contribution in [0, 0.1) is 5.82 Å². The minimum absolute atomic E-state index is 0.0297. The molecule has 0 unspecified atom stereocenters. The Morgan fingerprint density at radius 1 is 1.07 bits per heavy atom. The normalized spacial score (nSPS) is 11.6. The molecule has 1 heterocycles. The van der Waals surface area contributed by atoms with Crippen LogP contribution in [-0.2, 0) is 32.7 Å². The number of furan rings is 1. The highest BCUT2D eigenvalue weighted by Crippen LogP contribution is 2.13. The molecule has 0 saturated heterocycles. The summed E-state index contributed by atoms with van der Waals surface area (Å²) in [6.07, 6.45) is 4.22. The number of rotatable bonds is 8. The standard InChI is InChI=1S/C21H18FNO5S/c22-18-8-3-17(4-9-18)15-28-21(24)12-7-16-5-10-20(11-6-16)29(25,26)23-14-19-2-1-13-27-19/h1-13,23H,14-15H2/b12-7+. The van der Waals surface area contributed by atoms with Gasteiger partial charge in [0, 0.05) is 6.08 Å². The zero-order valence-corrected chi connectivity index (χ0v) is 16.1. The van der Waals surface area contributed by atoms with Gasteiger partial charge in [0.2, 0.25) is 10.0 Å². The molecule has 6 nitrogen and oxygen atoms in total. The predicted octanol–water partition coefficient (Wildman–Crippen LogP) is 3.65. The lowest BCUT2D eigenvalue weighted by Crippen LogP contribution is -2.22. The first-order valence-electron chi connectivity index (χ1n) is 8.64. The third-order valence-corrected chi connectivity index (χ3v) is 5.33. The van der Waals surface area contributed by atoms with Gasteiger partial charge in [0.25, 0.3) is 0 Å². The molecule has 29 heavy (non-hydrogen) atoms. The van der Waals surface area contributed by atoms with E-state index in [1.165, 1.54) is 54.8 Å². The van der Waals surface area contributed by atoms with Crippen molar-refractivity contribution >= 4 is 22.1 Å². The smallest absolute Gasteiger partial charge is 0.331 e. The molecule has 0 aliphatic heterocycles. The summed E-state index contributed by atoms with van der Waals surface area (Å²) in [6.45, 7) is 0.0822. The van der Waals surface area contributed by atoms with Crippen molar-refractivity contribution in [1.82, 2.24) is 4.72 Å². The van der Waals surface area contributed by atoms with Crippen LogP contribution in [0.25, 0.3) is 6.08 Å². The minimum atomic E-state index is -3.68. The van der Waals surface area contributed by atoms with Crippen LogP contribution >= 0.6 is 0 Å². The summed E-state index contributed by atoms with van der Waals surface area (Å²) in [6, 6.07) is 15.0. The van der Waals surface area contributed by atoms with Gasteiger partial charge in [0.05, 0.1) is 17.7 Å². The maximum atomic E-state index is 12.8. The number of hydrogen-bond donors (Lipinski definition) is 1. The predicted molar refractivity (Wildman–Crippen MR) is 104 cm³/mol. The first-order chi connectivity index (χ1) is 13.9. The SMILES string of the molecule is O=C(/C=C/c1ccc(S(=O)(=O)NCc2ccco2)cc1)OCc1ccc(F)cc1. The molecule has 8 heteroatoms. The summed E-state index contributed by atoms with van der Waals surface area (Å²) in [7, 11) is -3.68. The van der Waals surface area contributed by atoms with Crippen LogP contribution in [0.3, 0.4) is 0 Å². The minimum Gasteiger partial charge on any atom is -0.468 e. The Balaban J connectivity index is 1.53. The first kappa shape index (κ1) is 20.5. The van der Waals surface area contributed by atoms with Gasteiger partial charge in [-0.1, -0.05) is 24.3 Å². The van der Waals surface area contributed by atoms with Gasteiger partial charge in [-0.2, -0.15) is 0 Å². The highest BCUT2D eigenvalue weighted by molar-refractivity contribution is 7.89. The molecule has 0 fully saturated rings. The van der Waals surface area contributed by atoms with E-state index in [2.05, 4.69) is 4.72 Å². The molecule has 1 N–H and O–H groups in total. The summed E-state index contributed by atoms with van der Waals surface area (Å²) in [4.78, 5) is 11.9. The van der Waals surface area contributed by atoms with Gasteiger partial charge in [0.1, 0.15) is 18.2 Å². The summed E-state index contributed by atoms with van der Waals surface area (Å²) in [5.74, 6) is -0.417. The molecule has 3 aromatic rings. The fourth-order valence-electron chi connectivity index (χ4n) is 2.37. The average Bonchev–Trinajstić information content (AvgIpc) is 3.24. The topological polar surface area (TPSA) is 85.6 Å². The second-order valence-electron chi connectivity index (χ2n) is 6.04. The van der Waals surface area contributed by atoms with Crippen molar-refractivity contribution in [1.29, 1.82) is 0 Å². The number of nitrogens with one attached hydrogen (secondary N) is 1. The number of carbonyl (C=O) groups is 1. The van der Waals surface area contributed by atoms with Gasteiger partial charge in [-0.05, 0) is 53.6 Å². The van der Waals surface area contributed by atoms with E-state index in [-0.39, 0.29) is 23.9 Å². The molecule has 1 aromatic heterocycles. The molecular weight excluding hydrogens is 397 g/mol. The Bertz CT molecular complexity index is 1070. The largest absolute Gasteiger partial charge is 0.468 e. The maximum absolute atomic E-state index is 12.8. The summed E-state index contributed by atoms with van der Waals surface area (Å²) in [5.41, 5.74) is 1.30. The van der Waals surface area contributed by atoms with E-state index in [4.69, 9.17) is 9.15 Å². The van der Waals surface area contributed by atoms with Gasteiger partial charge in [-0.25, -0.2) is 22.3 Å². The lowest BCUT2D eigenvalue weighted by Gasteiger charge is -2.05. The molecule has 3 rings (SSSR count). The summed E-state index contributed by atoms with van der Waals surface area (Å²) < 4.78 is 50.0. The molecule has 0 saturated carbocycles. The van der Waals surface area contributed by atoms with Crippen LogP contribution in [0.4, 0.5) is 4.39 Å². The van der Waals surface area contributed by atoms with Crippen molar-refractivity contribution in [3.05, 3.63) is 95.7 Å². The zero-order chi connectivity index (χ0) is 20.7. The van der Waals surface area contributed by atoms with Crippen molar-refractivity contribution in [3.8, 4) is 0 Å². The first-order valence-corrected chi connectivity index (χ1v) is 10.1. The number of hydrogen-bond acceptors (Lipinski definition) is 5. The summed E-state index contributed by atoms with van der Waals surface area (Å²) in [5, 5.41) is 0. The molecule has 0 aliphatic carbocycles.